The fraction of sp³-hybridized carbons (Fsp3) is 0.615. The Labute approximate surface area is 118 Å². The lowest BCUT2D eigenvalue weighted by Crippen LogP contribution is -2.31. The van der Waals surface area contributed by atoms with Gasteiger partial charge in [-0.25, -0.2) is 8.42 Å². The highest BCUT2D eigenvalue weighted by molar-refractivity contribution is 7.89. The number of fused-ring (bicyclic) bond motifs is 1. The zero-order valence-corrected chi connectivity index (χ0v) is 12.2. The van der Waals surface area contributed by atoms with Crippen molar-refractivity contribution in [1.29, 1.82) is 0 Å². The topological polar surface area (TPSA) is 82.5 Å². The summed E-state index contributed by atoms with van der Waals surface area (Å²) in [7, 11) is -1.86. The molecule has 2 fully saturated rings. The molecule has 1 saturated heterocycles. The average molecular weight is 297 g/mol. The molecule has 7 heteroatoms. The summed E-state index contributed by atoms with van der Waals surface area (Å²) in [4.78, 5) is 4.13. The molecule has 0 amide bonds. The van der Waals surface area contributed by atoms with Crippen LogP contribution >= 0.6 is 0 Å². The van der Waals surface area contributed by atoms with Crippen molar-refractivity contribution >= 4 is 15.7 Å². The maximum absolute atomic E-state index is 12.7. The van der Waals surface area contributed by atoms with Gasteiger partial charge in [0.25, 0.3) is 0 Å². The van der Waals surface area contributed by atoms with Crippen LogP contribution in [0, 0.1) is 11.8 Å². The van der Waals surface area contributed by atoms with E-state index in [1.165, 1.54) is 10.5 Å². The Kier molecular flexibility index (Phi) is 3.43. The number of sulfonamides is 1. The summed E-state index contributed by atoms with van der Waals surface area (Å²) in [6.07, 6.45) is 4.28. The van der Waals surface area contributed by atoms with Crippen LogP contribution in [0.3, 0.4) is 0 Å². The fourth-order valence-corrected chi connectivity index (χ4v) is 5.00. The van der Waals surface area contributed by atoms with Gasteiger partial charge in [0, 0.05) is 38.4 Å². The van der Waals surface area contributed by atoms with Gasteiger partial charge in [0.05, 0.1) is 11.8 Å². The number of nitrogens with zero attached hydrogens (tertiary/aromatic N) is 2. The molecule has 20 heavy (non-hydrogen) atoms. The first-order valence-electron chi connectivity index (χ1n) is 6.84. The second kappa shape index (κ2) is 4.98. The van der Waals surface area contributed by atoms with Gasteiger partial charge in [-0.2, -0.15) is 4.31 Å². The largest absolute Gasteiger partial charge is 0.393 e. The number of anilines is 1. The second-order valence-corrected chi connectivity index (χ2v) is 7.42. The summed E-state index contributed by atoms with van der Waals surface area (Å²) in [5.41, 5.74) is 0.553. The van der Waals surface area contributed by atoms with Crippen LogP contribution in [0.1, 0.15) is 12.8 Å². The molecule has 2 heterocycles. The first-order valence-corrected chi connectivity index (χ1v) is 8.28. The third kappa shape index (κ3) is 2.10. The number of rotatable bonds is 3. The van der Waals surface area contributed by atoms with Crippen molar-refractivity contribution in [2.24, 2.45) is 11.8 Å². The van der Waals surface area contributed by atoms with Crippen LogP contribution in [0.15, 0.2) is 23.4 Å². The molecule has 0 spiro atoms. The molecule has 3 atom stereocenters. The number of aliphatic hydroxyl groups excluding tert-OH is 1. The molecule has 3 rings (SSSR count). The predicted octanol–water partition coefficient (Wildman–Crippen LogP) is 0.515. The Morgan fingerprint density at radius 1 is 1.40 bits per heavy atom. The quantitative estimate of drug-likeness (QED) is 0.849. The highest BCUT2D eigenvalue weighted by Crippen LogP contribution is 2.40. The van der Waals surface area contributed by atoms with Crippen LogP contribution in [0.5, 0.6) is 0 Å². The highest BCUT2D eigenvalue weighted by Gasteiger charge is 2.46. The minimum atomic E-state index is -3.55. The monoisotopic (exact) mass is 297 g/mol. The van der Waals surface area contributed by atoms with E-state index >= 15 is 0 Å². The molecule has 1 aliphatic carbocycles. The molecule has 2 N–H and O–H groups in total. The molecule has 110 valence electrons. The van der Waals surface area contributed by atoms with Gasteiger partial charge in [-0.3, -0.25) is 4.98 Å². The van der Waals surface area contributed by atoms with E-state index in [2.05, 4.69) is 10.3 Å². The van der Waals surface area contributed by atoms with Gasteiger partial charge in [-0.15, -0.1) is 0 Å². The van der Waals surface area contributed by atoms with E-state index in [-0.39, 0.29) is 22.8 Å². The SMILES string of the molecule is CNc1ccncc1S(=O)(=O)N1CC2CCC(O)C2C1. The van der Waals surface area contributed by atoms with E-state index in [9.17, 15) is 13.5 Å². The summed E-state index contributed by atoms with van der Waals surface area (Å²) in [5.74, 6) is 0.369. The molecule has 2 aliphatic rings. The maximum atomic E-state index is 12.7. The molecule has 1 aromatic heterocycles. The summed E-state index contributed by atoms with van der Waals surface area (Å²) in [6, 6.07) is 1.65. The Balaban J connectivity index is 1.90. The summed E-state index contributed by atoms with van der Waals surface area (Å²) in [6.45, 7) is 0.911. The van der Waals surface area contributed by atoms with Crippen LogP contribution < -0.4 is 5.32 Å². The van der Waals surface area contributed by atoms with Crippen molar-refractivity contribution in [2.45, 2.75) is 23.8 Å². The lowest BCUT2D eigenvalue weighted by Gasteiger charge is -2.19. The average Bonchev–Trinajstić information content (AvgIpc) is 3.02. The lowest BCUT2D eigenvalue weighted by atomic mass is 10.00. The molecular formula is C13H19N3O3S. The van der Waals surface area contributed by atoms with Crippen LogP contribution in [0.4, 0.5) is 5.69 Å². The van der Waals surface area contributed by atoms with Crippen LogP contribution in [0.2, 0.25) is 0 Å². The minimum Gasteiger partial charge on any atom is -0.393 e. The number of aromatic nitrogens is 1. The van der Waals surface area contributed by atoms with Crippen LogP contribution in [0.25, 0.3) is 0 Å². The van der Waals surface area contributed by atoms with E-state index < -0.39 is 10.0 Å². The third-order valence-electron chi connectivity index (χ3n) is 4.46. The second-order valence-electron chi connectivity index (χ2n) is 5.51. The molecule has 1 aliphatic heterocycles. The van der Waals surface area contributed by atoms with Crippen molar-refractivity contribution in [3.63, 3.8) is 0 Å². The van der Waals surface area contributed by atoms with Gasteiger partial charge in [-0.05, 0) is 24.8 Å². The molecule has 3 unspecified atom stereocenters. The van der Waals surface area contributed by atoms with Crippen LogP contribution in [-0.4, -0.2) is 49.1 Å². The summed E-state index contributed by atoms with van der Waals surface area (Å²) >= 11 is 0. The van der Waals surface area contributed by atoms with Crippen molar-refractivity contribution < 1.29 is 13.5 Å². The Hall–Kier alpha value is -1.18. The Bertz CT molecular complexity index is 605. The van der Waals surface area contributed by atoms with Gasteiger partial charge < -0.3 is 10.4 Å². The number of hydrogen-bond donors (Lipinski definition) is 2. The smallest absolute Gasteiger partial charge is 0.246 e. The van der Waals surface area contributed by atoms with Gasteiger partial charge in [-0.1, -0.05) is 0 Å². The van der Waals surface area contributed by atoms with Gasteiger partial charge in [0.2, 0.25) is 10.0 Å². The first-order chi connectivity index (χ1) is 9.54. The predicted molar refractivity (Wildman–Crippen MR) is 74.8 cm³/mol. The van der Waals surface area contributed by atoms with Crippen molar-refractivity contribution in [3.8, 4) is 0 Å². The number of nitrogens with one attached hydrogen (secondary N) is 1. The minimum absolute atomic E-state index is 0.0829. The fourth-order valence-electron chi connectivity index (χ4n) is 3.32. The van der Waals surface area contributed by atoms with E-state index in [1.807, 2.05) is 0 Å². The van der Waals surface area contributed by atoms with Crippen molar-refractivity contribution in [2.75, 3.05) is 25.5 Å². The lowest BCUT2D eigenvalue weighted by molar-refractivity contribution is 0.129. The van der Waals surface area contributed by atoms with Gasteiger partial charge >= 0.3 is 0 Å². The number of pyridine rings is 1. The summed E-state index contributed by atoms with van der Waals surface area (Å²) < 4.78 is 26.9. The first kappa shape index (κ1) is 13.8. The normalized spacial score (nSPS) is 30.4. The molecule has 1 aromatic rings. The number of hydrogen-bond acceptors (Lipinski definition) is 5. The zero-order chi connectivity index (χ0) is 14.3. The van der Waals surface area contributed by atoms with E-state index in [0.717, 1.165) is 12.8 Å². The Morgan fingerprint density at radius 3 is 2.90 bits per heavy atom. The highest BCUT2D eigenvalue weighted by atomic mass is 32.2. The molecule has 0 bridgehead atoms. The Morgan fingerprint density at radius 2 is 2.20 bits per heavy atom. The standard InChI is InChI=1S/C13H19N3O3S/c1-14-11-4-5-15-6-13(11)20(18,19)16-7-9-2-3-12(17)10(9)8-16/h4-6,9-10,12,17H,2-3,7-8H2,1H3,(H,14,15). The molecular weight excluding hydrogens is 278 g/mol. The van der Waals surface area contributed by atoms with E-state index in [4.69, 9.17) is 0 Å². The number of aliphatic hydroxyl groups is 1. The van der Waals surface area contributed by atoms with E-state index in [1.54, 1.807) is 19.3 Å². The van der Waals surface area contributed by atoms with Gasteiger partial charge in [0.15, 0.2) is 0 Å². The van der Waals surface area contributed by atoms with Crippen LogP contribution in [-0.2, 0) is 10.0 Å². The molecule has 1 saturated carbocycles. The summed E-state index contributed by atoms with van der Waals surface area (Å²) in [5, 5.41) is 12.8. The van der Waals surface area contributed by atoms with Crippen molar-refractivity contribution in [3.05, 3.63) is 18.5 Å². The molecule has 0 radical (unpaired) electrons. The van der Waals surface area contributed by atoms with Crippen molar-refractivity contribution in [1.82, 2.24) is 9.29 Å². The maximum Gasteiger partial charge on any atom is 0.246 e. The zero-order valence-electron chi connectivity index (χ0n) is 11.4. The van der Waals surface area contributed by atoms with Gasteiger partial charge in [0.1, 0.15) is 4.90 Å². The van der Waals surface area contributed by atoms with E-state index in [0.29, 0.717) is 18.8 Å². The third-order valence-corrected chi connectivity index (χ3v) is 6.32. The molecule has 6 nitrogen and oxygen atoms in total. The molecule has 0 aromatic carbocycles.